The summed E-state index contributed by atoms with van der Waals surface area (Å²) >= 11 is 0. The van der Waals surface area contributed by atoms with Crippen LogP contribution in [0.5, 0.6) is 0 Å². The highest BCUT2D eigenvalue weighted by Crippen LogP contribution is 2.19. The smallest absolute Gasteiger partial charge is 0.262 e. The average Bonchev–Trinajstić information content (AvgIpc) is 2.67. The van der Waals surface area contributed by atoms with Crippen LogP contribution in [-0.4, -0.2) is 29.4 Å². The molecule has 0 amide bonds. The fraction of sp³-hybridized carbons (Fsp3) is 0. The SMILES string of the molecule is O=P([O-])(O)O.O=P([O-])(O)O.O=P([O-])(O)O.[NH3+]c1ccccc1.[NH3+]c1ccccc1.[NH3+]c1ccccc1. The molecule has 0 aliphatic heterocycles. The molecule has 0 aliphatic carbocycles. The lowest BCUT2D eigenvalue weighted by molar-refractivity contribution is -0.255. The third kappa shape index (κ3) is 63.5. The molecule has 36 heavy (non-hydrogen) atoms. The number of rotatable bonds is 0. The number of hydrogen-bond donors (Lipinski definition) is 9. The van der Waals surface area contributed by atoms with E-state index in [4.69, 9.17) is 57.7 Å². The highest BCUT2D eigenvalue weighted by atomic mass is 31.2. The Labute approximate surface area is 206 Å². The summed E-state index contributed by atoms with van der Waals surface area (Å²) < 4.78 is 26.3. The Bertz CT molecular complexity index is 884. The number of quaternary nitrogens is 3. The fourth-order valence-corrected chi connectivity index (χ4v) is 1.43. The zero-order chi connectivity index (χ0) is 28.8. The van der Waals surface area contributed by atoms with Crippen LogP contribution in [0.2, 0.25) is 0 Å². The van der Waals surface area contributed by atoms with E-state index in [1.807, 2.05) is 91.0 Å². The molecular formula is C18H30N3O12P3. The monoisotopic (exact) mass is 573 g/mol. The molecule has 3 aromatic carbocycles. The van der Waals surface area contributed by atoms with Crippen LogP contribution in [0.15, 0.2) is 91.0 Å². The van der Waals surface area contributed by atoms with E-state index in [0.29, 0.717) is 0 Å². The molecule has 204 valence electrons. The predicted octanol–water partition coefficient (Wildman–Crippen LogP) is -3.00. The first-order valence-corrected chi connectivity index (χ1v) is 13.7. The highest BCUT2D eigenvalue weighted by Gasteiger charge is 1.83. The maximum atomic E-state index is 8.77. The van der Waals surface area contributed by atoms with Gasteiger partial charge in [-0.15, -0.1) is 0 Å². The van der Waals surface area contributed by atoms with E-state index in [2.05, 4.69) is 17.2 Å². The van der Waals surface area contributed by atoms with Gasteiger partial charge in [-0.2, -0.15) is 0 Å². The van der Waals surface area contributed by atoms with Gasteiger partial charge in [0.1, 0.15) is 17.1 Å². The highest BCUT2D eigenvalue weighted by molar-refractivity contribution is 7.44. The Morgan fingerprint density at radius 1 is 0.417 bits per heavy atom. The Morgan fingerprint density at radius 2 is 0.528 bits per heavy atom. The normalized spacial score (nSPS) is 10.0. The lowest BCUT2D eigenvalue weighted by Gasteiger charge is -2.01. The van der Waals surface area contributed by atoms with Crippen molar-refractivity contribution in [2.24, 2.45) is 0 Å². The minimum absolute atomic E-state index is 1.07. The van der Waals surface area contributed by atoms with Gasteiger partial charge in [-0.25, -0.2) is 0 Å². The van der Waals surface area contributed by atoms with Crippen LogP contribution >= 0.6 is 23.5 Å². The second-order valence-electron chi connectivity index (χ2n) is 5.93. The molecule has 0 saturated heterocycles. The number of hydrogen-bond acceptors (Lipinski definition) is 6. The maximum Gasteiger partial charge on any atom is 0.262 e. The number of benzene rings is 3. The first kappa shape index (κ1) is 38.4. The van der Waals surface area contributed by atoms with Crippen LogP contribution in [-0.2, 0) is 13.7 Å². The zero-order valence-electron chi connectivity index (χ0n) is 18.8. The van der Waals surface area contributed by atoms with Crippen LogP contribution in [0.3, 0.4) is 0 Å². The molecular weight excluding hydrogens is 543 g/mol. The summed E-state index contributed by atoms with van der Waals surface area (Å²) in [7, 11) is -14.7. The molecule has 0 fully saturated rings. The first-order valence-electron chi connectivity index (χ1n) is 9.09. The molecule has 0 bridgehead atoms. The van der Waals surface area contributed by atoms with Gasteiger partial charge in [-0.3, -0.25) is 13.7 Å². The van der Waals surface area contributed by atoms with Gasteiger partial charge >= 0.3 is 0 Å². The van der Waals surface area contributed by atoms with Gasteiger partial charge in [-0.1, -0.05) is 54.6 Å². The zero-order valence-corrected chi connectivity index (χ0v) is 21.4. The minimum Gasteiger partial charge on any atom is -0.756 e. The predicted molar refractivity (Wildman–Crippen MR) is 123 cm³/mol. The molecule has 18 heteroatoms. The van der Waals surface area contributed by atoms with Crippen molar-refractivity contribution in [2.75, 3.05) is 0 Å². The standard InChI is InChI=1S/3C6H7N.3H3O4P/c3*7-6-4-2-1-3-5-6;3*1-5(2,3)4/h3*1-5H,7H2;3*(H3,1,2,3,4). The first-order chi connectivity index (χ1) is 16.2. The van der Waals surface area contributed by atoms with Crippen LogP contribution in [0.25, 0.3) is 0 Å². The quantitative estimate of drug-likeness (QED) is 0.121. The largest absolute Gasteiger partial charge is 0.756 e. The van der Waals surface area contributed by atoms with Gasteiger partial charge in [0, 0.05) is 0 Å². The molecule has 3 rings (SSSR count). The molecule has 3 aromatic rings. The molecule has 0 saturated carbocycles. The summed E-state index contributed by atoms with van der Waals surface area (Å²) in [5, 5.41) is 0. The summed E-state index contributed by atoms with van der Waals surface area (Å²) in [5.41, 5.74) is 14.4. The summed E-state index contributed by atoms with van der Waals surface area (Å²) in [5.74, 6) is 0. The van der Waals surface area contributed by atoms with Crippen molar-refractivity contribution in [1.29, 1.82) is 0 Å². The molecule has 0 heterocycles. The van der Waals surface area contributed by atoms with E-state index in [1.54, 1.807) is 0 Å². The molecule has 0 spiro atoms. The van der Waals surface area contributed by atoms with Crippen molar-refractivity contribution in [2.45, 2.75) is 0 Å². The van der Waals surface area contributed by atoms with Gasteiger partial charge < -0.3 is 61.2 Å². The molecule has 0 unspecified atom stereocenters. The third-order valence-electron chi connectivity index (χ3n) is 2.53. The van der Waals surface area contributed by atoms with E-state index < -0.39 is 23.5 Å². The van der Waals surface area contributed by atoms with Crippen molar-refractivity contribution in [3.05, 3.63) is 91.0 Å². The third-order valence-corrected chi connectivity index (χ3v) is 2.53. The van der Waals surface area contributed by atoms with Crippen molar-refractivity contribution < 1.29 is 74.9 Å². The maximum absolute atomic E-state index is 8.77. The molecule has 0 atom stereocenters. The van der Waals surface area contributed by atoms with E-state index in [-0.39, 0.29) is 0 Å². The Hall–Kier alpha value is -2.13. The number of phosphoric acid groups is 3. The van der Waals surface area contributed by atoms with Gasteiger partial charge in [0.2, 0.25) is 0 Å². The average molecular weight is 573 g/mol. The van der Waals surface area contributed by atoms with Gasteiger partial charge in [-0.05, 0) is 36.4 Å². The lowest BCUT2D eigenvalue weighted by atomic mass is 10.3. The van der Waals surface area contributed by atoms with E-state index in [0.717, 1.165) is 17.1 Å². The van der Waals surface area contributed by atoms with Crippen molar-refractivity contribution in [3.63, 3.8) is 0 Å². The van der Waals surface area contributed by atoms with E-state index in [1.165, 1.54) is 0 Å². The van der Waals surface area contributed by atoms with Crippen LogP contribution in [0.4, 0.5) is 17.1 Å². The van der Waals surface area contributed by atoms with E-state index in [9.17, 15) is 0 Å². The Balaban J connectivity index is -0.000000367. The second kappa shape index (κ2) is 21.0. The van der Waals surface area contributed by atoms with Gasteiger partial charge in [0.15, 0.2) is 0 Å². The van der Waals surface area contributed by atoms with E-state index >= 15 is 0 Å². The Morgan fingerprint density at radius 3 is 0.583 bits per heavy atom. The molecule has 0 aromatic heterocycles. The summed E-state index contributed by atoms with van der Waals surface area (Å²) in [6.45, 7) is 0. The lowest BCUT2D eigenvalue weighted by Crippen LogP contribution is -2.39. The molecule has 15 N–H and O–H groups in total. The van der Waals surface area contributed by atoms with Gasteiger partial charge in [0.25, 0.3) is 23.5 Å². The van der Waals surface area contributed by atoms with Crippen LogP contribution < -0.4 is 31.9 Å². The summed E-state index contributed by atoms with van der Waals surface area (Å²) in [4.78, 5) is 68.8. The van der Waals surface area contributed by atoms with Crippen molar-refractivity contribution in [3.8, 4) is 0 Å². The minimum atomic E-state index is -4.89. The summed E-state index contributed by atoms with van der Waals surface area (Å²) in [6, 6.07) is 29.6. The topological polar surface area (TPSA) is 325 Å². The molecule has 15 nitrogen and oxygen atoms in total. The van der Waals surface area contributed by atoms with Crippen LogP contribution in [0.1, 0.15) is 0 Å². The molecule has 0 radical (unpaired) electrons. The second-order valence-corrected chi connectivity index (χ2v) is 8.87. The van der Waals surface area contributed by atoms with Crippen molar-refractivity contribution in [1.82, 2.24) is 0 Å². The Kier molecular flexibility index (Phi) is 22.4. The van der Waals surface area contributed by atoms with Crippen LogP contribution in [0, 0.1) is 0 Å². The van der Waals surface area contributed by atoms with Gasteiger partial charge in [0.05, 0.1) is 0 Å². The fourth-order valence-electron chi connectivity index (χ4n) is 1.43. The summed E-state index contributed by atoms with van der Waals surface area (Å²) in [6.07, 6.45) is 0. The van der Waals surface area contributed by atoms with Crippen molar-refractivity contribution >= 4 is 40.5 Å². The molecule has 0 aliphatic rings.